The standard InChI is InChI=1S/C23H29BrN2O3/c1-17(29-21-12-8-19(24)9-13-21)23(27)25-16-22(26-14-4-3-5-15-26)18-6-10-20(28-2)11-7-18/h6-13,17,22H,3-5,14-16H2,1-2H3,(H,25,27)/t17-,22+/m1/s1. The molecule has 0 aliphatic carbocycles. The van der Waals surface area contributed by atoms with E-state index in [-0.39, 0.29) is 11.9 Å². The summed E-state index contributed by atoms with van der Waals surface area (Å²) < 4.78 is 12.0. The van der Waals surface area contributed by atoms with Gasteiger partial charge in [-0.05, 0) is 74.8 Å². The summed E-state index contributed by atoms with van der Waals surface area (Å²) >= 11 is 3.40. The molecule has 1 N–H and O–H groups in total. The highest BCUT2D eigenvalue weighted by Crippen LogP contribution is 2.26. The van der Waals surface area contributed by atoms with Crippen LogP contribution in [0.4, 0.5) is 0 Å². The molecule has 1 heterocycles. The molecule has 1 aliphatic heterocycles. The molecule has 3 rings (SSSR count). The van der Waals surface area contributed by atoms with E-state index in [2.05, 4.69) is 38.3 Å². The Hall–Kier alpha value is -2.05. The SMILES string of the molecule is COc1ccc([C@H](CNC(=O)[C@@H](C)Oc2ccc(Br)cc2)N2CCCCC2)cc1. The minimum absolute atomic E-state index is 0.108. The largest absolute Gasteiger partial charge is 0.497 e. The van der Waals surface area contributed by atoms with Crippen LogP contribution in [0.2, 0.25) is 0 Å². The molecule has 1 fully saturated rings. The van der Waals surface area contributed by atoms with E-state index in [1.807, 2.05) is 36.4 Å². The molecule has 0 spiro atoms. The summed E-state index contributed by atoms with van der Waals surface area (Å²) in [6, 6.07) is 15.8. The Labute approximate surface area is 181 Å². The number of hydrogen-bond donors (Lipinski definition) is 1. The van der Waals surface area contributed by atoms with Crippen LogP contribution in [0.25, 0.3) is 0 Å². The van der Waals surface area contributed by atoms with Gasteiger partial charge in [-0.25, -0.2) is 0 Å². The van der Waals surface area contributed by atoms with Gasteiger partial charge in [0.05, 0.1) is 13.2 Å². The maximum absolute atomic E-state index is 12.6. The molecule has 2 aromatic rings. The summed E-state index contributed by atoms with van der Waals surface area (Å²) in [6.45, 7) is 4.44. The fourth-order valence-corrected chi connectivity index (χ4v) is 3.89. The van der Waals surface area contributed by atoms with E-state index in [9.17, 15) is 4.79 Å². The minimum atomic E-state index is -0.561. The first-order valence-electron chi connectivity index (χ1n) is 10.1. The Bertz CT molecular complexity index is 774. The third-order valence-corrected chi connectivity index (χ3v) is 5.83. The lowest BCUT2D eigenvalue weighted by Gasteiger charge is -2.35. The van der Waals surface area contributed by atoms with Crippen LogP contribution < -0.4 is 14.8 Å². The van der Waals surface area contributed by atoms with Crippen molar-refractivity contribution in [1.82, 2.24) is 10.2 Å². The van der Waals surface area contributed by atoms with Crippen molar-refractivity contribution in [2.24, 2.45) is 0 Å². The third kappa shape index (κ3) is 6.21. The molecule has 0 unspecified atom stereocenters. The molecular formula is C23H29BrN2O3. The zero-order valence-electron chi connectivity index (χ0n) is 17.1. The highest BCUT2D eigenvalue weighted by atomic mass is 79.9. The number of likely N-dealkylation sites (tertiary alicyclic amines) is 1. The van der Waals surface area contributed by atoms with Crippen molar-refractivity contribution in [1.29, 1.82) is 0 Å². The maximum Gasteiger partial charge on any atom is 0.260 e. The molecule has 5 nitrogen and oxygen atoms in total. The number of carbonyl (C=O) groups is 1. The van der Waals surface area contributed by atoms with E-state index in [4.69, 9.17) is 9.47 Å². The second kappa shape index (κ2) is 10.6. The van der Waals surface area contributed by atoms with Gasteiger partial charge in [-0.1, -0.05) is 34.5 Å². The van der Waals surface area contributed by atoms with Gasteiger partial charge in [-0.2, -0.15) is 0 Å². The number of ether oxygens (including phenoxy) is 2. The molecule has 1 aliphatic rings. The van der Waals surface area contributed by atoms with Crippen LogP contribution in [0.5, 0.6) is 11.5 Å². The Morgan fingerprint density at radius 1 is 1.03 bits per heavy atom. The predicted octanol–water partition coefficient (Wildman–Crippen LogP) is 4.57. The second-order valence-electron chi connectivity index (χ2n) is 7.34. The minimum Gasteiger partial charge on any atom is -0.497 e. The number of hydrogen-bond acceptors (Lipinski definition) is 4. The van der Waals surface area contributed by atoms with E-state index in [1.165, 1.54) is 24.8 Å². The molecule has 2 aromatic carbocycles. The van der Waals surface area contributed by atoms with Crippen LogP contribution in [-0.2, 0) is 4.79 Å². The van der Waals surface area contributed by atoms with Gasteiger partial charge in [0.25, 0.3) is 5.91 Å². The summed E-state index contributed by atoms with van der Waals surface area (Å²) in [5.74, 6) is 1.41. The maximum atomic E-state index is 12.6. The molecule has 29 heavy (non-hydrogen) atoms. The highest BCUT2D eigenvalue weighted by Gasteiger charge is 2.24. The number of piperidine rings is 1. The van der Waals surface area contributed by atoms with Crippen molar-refractivity contribution in [2.75, 3.05) is 26.7 Å². The van der Waals surface area contributed by atoms with Gasteiger partial charge in [-0.3, -0.25) is 9.69 Å². The Kier molecular flexibility index (Phi) is 7.95. The van der Waals surface area contributed by atoms with Gasteiger partial charge in [0.1, 0.15) is 11.5 Å². The van der Waals surface area contributed by atoms with Crippen molar-refractivity contribution >= 4 is 21.8 Å². The zero-order valence-corrected chi connectivity index (χ0v) is 18.7. The summed E-state index contributed by atoms with van der Waals surface area (Å²) in [6.07, 6.45) is 3.11. The number of rotatable bonds is 8. The van der Waals surface area contributed by atoms with Gasteiger partial charge in [0.2, 0.25) is 0 Å². The van der Waals surface area contributed by atoms with Crippen LogP contribution in [0.15, 0.2) is 53.0 Å². The molecule has 1 amide bonds. The molecule has 2 atom stereocenters. The van der Waals surface area contributed by atoms with Crippen molar-refractivity contribution < 1.29 is 14.3 Å². The van der Waals surface area contributed by atoms with Crippen molar-refractivity contribution in [3.05, 3.63) is 58.6 Å². The quantitative estimate of drug-likeness (QED) is 0.626. The van der Waals surface area contributed by atoms with Gasteiger partial charge < -0.3 is 14.8 Å². The van der Waals surface area contributed by atoms with Crippen LogP contribution in [-0.4, -0.2) is 43.7 Å². The van der Waals surface area contributed by atoms with E-state index in [0.29, 0.717) is 12.3 Å². The molecule has 0 radical (unpaired) electrons. The van der Waals surface area contributed by atoms with Crippen LogP contribution in [0, 0.1) is 0 Å². The predicted molar refractivity (Wildman–Crippen MR) is 118 cm³/mol. The van der Waals surface area contributed by atoms with Crippen molar-refractivity contribution in [2.45, 2.75) is 38.3 Å². The van der Waals surface area contributed by atoms with Crippen LogP contribution in [0.1, 0.15) is 37.8 Å². The zero-order chi connectivity index (χ0) is 20.6. The van der Waals surface area contributed by atoms with E-state index < -0.39 is 6.10 Å². The molecule has 0 bridgehead atoms. The number of benzene rings is 2. The van der Waals surface area contributed by atoms with E-state index in [0.717, 1.165) is 23.3 Å². The number of amides is 1. The summed E-state index contributed by atoms with van der Waals surface area (Å²) in [5, 5.41) is 3.09. The van der Waals surface area contributed by atoms with Crippen molar-refractivity contribution in [3.63, 3.8) is 0 Å². The normalized spacial score (nSPS) is 16.7. The Morgan fingerprint density at radius 3 is 2.28 bits per heavy atom. The number of nitrogens with zero attached hydrogens (tertiary/aromatic N) is 1. The Morgan fingerprint density at radius 2 is 1.66 bits per heavy atom. The first kappa shape index (κ1) is 21.7. The topological polar surface area (TPSA) is 50.8 Å². The molecule has 0 aromatic heterocycles. The lowest BCUT2D eigenvalue weighted by molar-refractivity contribution is -0.127. The van der Waals surface area contributed by atoms with Gasteiger partial charge in [0.15, 0.2) is 6.10 Å². The third-order valence-electron chi connectivity index (χ3n) is 5.30. The average Bonchev–Trinajstić information content (AvgIpc) is 2.76. The summed E-state index contributed by atoms with van der Waals surface area (Å²) in [7, 11) is 1.67. The first-order chi connectivity index (χ1) is 14.1. The van der Waals surface area contributed by atoms with E-state index in [1.54, 1.807) is 14.0 Å². The average molecular weight is 461 g/mol. The molecule has 156 valence electrons. The monoisotopic (exact) mass is 460 g/mol. The summed E-state index contributed by atoms with van der Waals surface area (Å²) in [4.78, 5) is 15.1. The molecule has 1 saturated heterocycles. The number of carbonyl (C=O) groups excluding carboxylic acids is 1. The van der Waals surface area contributed by atoms with Gasteiger partial charge >= 0.3 is 0 Å². The summed E-state index contributed by atoms with van der Waals surface area (Å²) in [5.41, 5.74) is 1.19. The first-order valence-corrected chi connectivity index (χ1v) is 10.9. The van der Waals surface area contributed by atoms with Crippen molar-refractivity contribution in [3.8, 4) is 11.5 Å². The number of halogens is 1. The molecule has 6 heteroatoms. The van der Waals surface area contributed by atoms with E-state index >= 15 is 0 Å². The number of methoxy groups -OCH3 is 1. The lowest BCUT2D eigenvalue weighted by atomic mass is 10.0. The fourth-order valence-electron chi connectivity index (χ4n) is 3.63. The van der Waals surface area contributed by atoms with Crippen LogP contribution >= 0.6 is 15.9 Å². The lowest BCUT2D eigenvalue weighted by Crippen LogP contribution is -2.43. The highest BCUT2D eigenvalue weighted by molar-refractivity contribution is 9.10. The fraction of sp³-hybridized carbons (Fsp3) is 0.435. The molecule has 0 saturated carbocycles. The van der Waals surface area contributed by atoms with Gasteiger partial charge in [-0.15, -0.1) is 0 Å². The Balaban J connectivity index is 1.63. The number of nitrogens with one attached hydrogen (secondary N) is 1. The second-order valence-corrected chi connectivity index (χ2v) is 8.26. The van der Waals surface area contributed by atoms with Crippen LogP contribution in [0.3, 0.4) is 0 Å². The molecular weight excluding hydrogens is 432 g/mol. The smallest absolute Gasteiger partial charge is 0.260 e. The van der Waals surface area contributed by atoms with Gasteiger partial charge in [0, 0.05) is 11.0 Å².